The van der Waals surface area contributed by atoms with E-state index in [4.69, 9.17) is 4.74 Å². The monoisotopic (exact) mass is 297 g/mol. The van der Waals surface area contributed by atoms with E-state index in [1.165, 1.54) is 0 Å². The van der Waals surface area contributed by atoms with E-state index in [0.717, 1.165) is 32.4 Å². The highest BCUT2D eigenvalue weighted by molar-refractivity contribution is 5.84. The molecule has 0 aliphatic carbocycles. The van der Waals surface area contributed by atoms with Gasteiger partial charge in [-0.05, 0) is 19.4 Å². The van der Waals surface area contributed by atoms with Gasteiger partial charge in [0.25, 0.3) is 0 Å². The number of ether oxygens (including phenoxy) is 1. The Morgan fingerprint density at radius 3 is 2.71 bits per heavy atom. The van der Waals surface area contributed by atoms with Crippen LogP contribution in [0.15, 0.2) is 0 Å². The van der Waals surface area contributed by atoms with Crippen LogP contribution in [0.4, 0.5) is 0 Å². The van der Waals surface area contributed by atoms with Crippen molar-refractivity contribution in [2.75, 3.05) is 45.9 Å². The second-order valence-electron chi connectivity index (χ2n) is 5.96. The van der Waals surface area contributed by atoms with Crippen LogP contribution < -0.4 is 10.6 Å². The Labute approximate surface area is 126 Å². The molecular formula is C15H27N3O3. The molecule has 0 aromatic heterocycles. The van der Waals surface area contributed by atoms with Crippen molar-refractivity contribution in [3.05, 3.63) is 0 Å². The highest BCUT2D eigenvalue weighted by atomic mass is 16.5. The number of hydrogen-bond donors (Lipinski definition) is 2. The van der Waals surface area contributed by atoms with Gasteiger partial charge >= 0.3 is 0 Å². The number of hydrogen-bond acceptors (Lipinski definition) is 4. The summed E-state index contributed by atoms with van der Waals surface area (Å²) in [6.45, 7) is 6.75. The summed E-state index contributed by atoms with van der Waals surface area (Å²) in [5, 5.41) is 6.24. The molecule has 1 unspecified atom stereocenters. The third-order valence-electron chi connectivity index (χ3n) is 4.44. The summed E-state index contributed by atoms with van der Waals surface area (Å²) in [6.07, 6.45) is 3.18. The lowest BCUT2D eigenvalue weighted by Gasteiger charge is -2.28. The molecule has 2 aliphatic heterocycles. The van der Waals surface area contributed by atoms with Crippen LogP contribution in [-0.2, 0) is 14.3 Å². The van der Waals surface area contributed by atoms with Gasteiger partial charge in [-0.1, -0.05) is 13.3 Å². The first-order chi connectivity index (χ1) is 10.2. The molecule has 120 valence electrons. The second kappa shape index (κ2) is 7.75. The van der Waals surface area contributed by atoms with Gasteiger partial charge in [0, 0.05) is 32.6 Å². The van der Waals surface area contributed by atoms with E-state index in [0.29, 0.717) is 39.3 Å². The molecule has 6 nitrogen and oxygen atoms in total. The van der Waals surface area contributed by atoms with Gasteiger partial charge in [0.05, 0.1) is 18.6 Å². The summed E-state index contributed by atoms with van der Waals surface area (Å²) in [5.74, 6) is 0.205. The van der Waals surface area contributed by atoms with E-state index in [1.807, 2.05) is 4.90 Å². The fraction of sp³-hybridized carbons (Fsp3) is 0.867. The molecule has 2 fully saturated rings. The van der Waals surface area contributed by atoms with Gasteiger partial charge in [0.2, 0.25) is 11.8 Å². The van der Waals surface area contributed by atoms with Crippen LogP contribution in [0.1, 0.15) is 32.6 Å². The van der Waals surface area contributed by atoms with Crippen LogP contribution in [0.2, 0.25) is 0 Å². The van der Waals surface area contributed by atoms with Crippen molar-refractivity contribution < 1.29 is 14.3 Å². The summed E-state index contributed by atoms with van der Waals surface area (Å²) < 4.78 is 5.23. The van der Waals surface area contributed by atoms with Crippen molar-refractivity contribution in [3.63, 3.8) is 0 Å². The Morgan fingerprint density at radius 1 is 1.33 bits per heavy atom. The second-order valence-corrected chi connectivity index (χ2v) is 5.96. The van der Waals surface area contributed by atoms with Crippen LogP contribution in [0, 0.1) is 5.41 Å². The molecule has 0 saturated carbocycles. The van der Waals surface area contributed by atoms with Crippen molar-refractivity contribution in [3.8, 4) is 0 Å². The maximum Gasteiger partial charge on any atom is 0.227 e. The normalized spacial score (nSPS) is 25.9. The number of carbonyl (C=O) groups excluding carboxylic acids is 2. The van der Waals surface area contributed by atoms with Gasteiger partial charge in [-0.15, -0.1) is 0 Å². The maximum absolute atomic E-state index is 12.4. The number of amides is 2. The topological polar surface area (TPSA) is 70.7 Å². The molecular weight excluding hydrogens is 270 g/mol. The first-order valence-electron chi connectivity index (χ1n) is 8.02. The smallest absolute Gasteiger partial charge is 0.227 e. The van der Waals surface area contributed by atoms with Crippen molar-refractivity contribution in [2.45, 2.75) is 32.6 Å². The molecule has 0 spiro atoms. The zero-order chi connectivity index (χ0) is 15.1. The molecule has 6 heteroatoms. The number of morpholine rings is 1. The Kier molecular flexibility index (Phi) is 5.99. The van der Waals surface area contributed by atoms with Gasteiger partial charge in [-0.3, -0.25) is 9.59 Å². The third kappa shape index (κ3) is 4.17. The molecule has 0 aromatic rings. The lowest BCUT2D eigenvalue weighted by Crippen LogP contribution is -2.45. The largest absolute Gasteiger partial charge is 0.378 e. The average molecular weight is 297 g/mol. The molecule has 0 aromatic carbocycles. The van der Waals surface area contributed by atoms with Crippen LogP contribution in [0.25, 0.3) is 0 Å². The van der Waals surface area contributed by atoms with E-state index in [9.17, 15) is 9.59 Å². The van der Waals surface area contributed by atoms with Crippen molar-refractivity contribution >= 4 is 11.8 Å². The summed E-state index contributed by atoms with van der Waals surface area (Å²) in [5.41, 5.74) is -0.267. The Bertz CT molecular complexity index is 361. The van der Waals surface area contributed by atoms with Crippen molar-refractivity contribution in [1.29, 1.82) is 0 Å². The molecule has 2 rings (SSSR count). The highest BCUT2D eigenvalue weighted by Crippen LogP contribution is 2.31. The molecule has 21 heavy (non-hydrogen) atoms. The summed E-state index contributed by atoms with van der Waals surface area (Å²) >= 11 is 0. The van der Waals surface area contributed by atoms with Crippen molar-refractivity contribution in [2.24, 2.45) is 5.41 Å². The highest BCUT2D eigenvalue weighted by Gasteiger charge is 2.39. The average Bonchev–Trinajstić information content (AvgIpc) is 2.98. The fourth-order valence-corrected chi connectivity index (χ4v) is 3.18. The van der Waals surface area contributed by atoms with Crippen LogP contribution in [0.5, 0.6) is 0 Å². The lowest BCUT2D eigenvalue weighted by atomic mass is 9.81. The van der Waals surface area contributed by atoms with E-state index < -0.39 is 0 Å². The number of nitrogens with zero attached hydrogens (tertiary/aromatic N) is 1. The van der Waals surface area contributed by atoms with Gasteiger partial charge in [-0.25, -0.2) is 0 Å². The minimum atomic E-state index is -0.267. The predicted octanol–water partition coefficient (Wildman–Crippen LogP) is 0.131. The van der Waals surface area contributed by atoms with Crippen LogP contribution >= 0.6 is 0 Å². The van der Waals surface area contributed by atoms with Gasteiger partial charge in [0.1, 0.15) is 0 Å². The van der Waals surface area contributed by atoms with E-state index in [2.05, 4.69) is 17.6 Å². The maximum atomic E-state index is 12.4. The van der Waals surface area contributed by atoms with Gasteiger partial charge < -0.3 is 20.3 Å². The lowest BCUT2D eigenvalue weighted by molar-refractivity contribution is -0.135. The molecule has 2 saturated heterocycles. The van der Waals surface area contributed by atoms with E-state index >= 15 is 0 Å². The number of rotatable bonds is 6. The predicted molar refractivity (Wildman–Crippen MR) is 79.9 cm³/mol. The van der Waals surface area contributed by atoms with E-state index in [1.54, 1.807) is 0 Å². The molecule has 2 N–H and O–H groups in total. The third-order valence-corrected chi connectivity index (χ3v) is 4.44. The number of carbonyl (C=O) groups is 2. The summed E-state index contributed by atoms with van der Waals surface area (Å²) in [6, 6.07) is 0. The van der Waals surface area contributed by atoms with Crippen molar-refractivity contribution in [1.82, 2.24) is 15.5 Å². The fourth-order valence-electron chi connectivity index (χ4n) is 3.18. The molecule has 2 aliphatic rings. The quantitative estimate of drug-likeness (QED) is 0.731. The minimum Gasteiger partial charge on any atom is -0.378 e. The molecule has 2 heterocycles. The Hall–Kier alpha value is -1.14. The van der Waals surface area contributed by atoms with Crippen LogP contribution in [-0.4, -0.2) is 62.7 Å². The van der Waals surface area contributed by atoms with Gasteiger partial charge in [0.15, 0.2) is 0 Å². The van der Waals surface area contributed by atoms with E-state index in [-0.39, 0.29) is 17.2 Å². The zero-order valence-electron chi connectivity index (χ0n) is 13.0. The number of nitrogens with one attached hydrogen (secondary N) is 2. The first kappa shape index (κ1) is 16.2. The minimum absolute atomic E-state index is 0.101. The Balaban J connectivity index is 1.74. The zero-order valence-corrected chi connectivity index (χ0v) is 13.0. The van der Waals surface area contributed by atoms with Crippen LogP contribution in [0.3, 0.4) is 0 Å². The molecule has 2 amide bonds. The molecule has 0 radical (unpaired) electrons. The first-order valence-corrected chi connectivity index (χ1v) is 8.02. The summed E-state index contributed by atoms with van der Waals surface area (Å²) in [4.78, 5) is 26.2. The molecule has 0 bridgehead atoms. The SMILES string of the molecule is CCCC1(C(=O)NCCC(=O)N2CCOCC2)CCNC1. The van der Waals surface area contributed by atoms with Gasteiger partial charge in [-0.2, -0.15) is 0 Å². The molecule has 1 atom stereocenters. The Morgan fingerprint density at radius 2 is 2.10 bits per heavy atom. The standard InChI is InChI=1S/C15H27N3O3/c1-2-4-15(5-7-16-12-15)14(20)17-6-3-13(19)18-8-10-21-11-9-18/h16H,2-12H2,1H3,(H,17,20). The summed E-state index contributed by atoms with van der Waals surface area (Å²) in [7, 11) is 0.